The van der Waals surface area contributed by atoms with Crippen molar-refractivity contribution in [2.24, 2.45) is 7.05 Å². The van der Waals surface area contributed by atoms with Gasteiger partial charge in [-0.2, -0.15) is 5.10 Å². The Morgan fingerprint density at radius 3 is 2.40 bits per heavy atom. The molecule has 0 saturated carbocycles. The second-order valence-electron chi connectivity index (χ2n) is 6.44. The predicted molar refractivity (Wildman–Crippen MR) is 96.7 cm³/mol. The summed E-state index contributed by atoms with van der Waals surface area (Å²) in [6.07, 6.45) is 2.08. The number of aryl methyl sites for hydroxylation is 2. The smallest absolute Gasteiger partial charge is 0.253 e. The summed E-state index contributed by atoms with van der Waals surface area (Å²) >= 11 is 0. The minimum atomic E-state index is 0.0975. The Morgan fingerprint density at radius 1 is 1.16 bits per heavy atom. The molecular weight excluding hydrogens is 316 g/mol. The van der Waals surface area contributed by atoms with Gasteiger partial charge in [-0.25, -0.2) is 0 Å². The first-order valence-corrected chi connectivity index (χ1v) is 8.80. The van der Waals surface area contributed by atoms with Crippen molar-refractivity contribution < 1.29 is 9.53 Å². The summed E-state index contributed by atoms with van der Waals surface area (Å²) in [6, 6.07) is 7.41. The lowest BCUT2D eigenvalue weighted by molar-refractivity contribution is 0.0628. The molecule has 0 N–H and O–H groups in total. The van der Waals surface area contributed by atoms with Gasteiger partial charge >= 0.3 is 0 Å². The Morgan fingerprint density at radius 2 is 1.84 bits per heavy atom. The molecule has 0 radical (unpaired) electrons. The third kappa shape index (κ3) is 4.20. The quantitative estimate of drug-likeness (QED) is 0.835. The normalized spacial score (nSPS) is 15.4. The number of nitrogens with zero attached hydrogens (tertiary/aromatic N) is 4. The van der Waals surface area contributed by atoms with Crippen molar-refractivity contribution in [2.45, 2.75) is 20.4 Å². The molecule has 1 aromatic carbocycles. The first-order valence-electron chi connectivity index (χ1n) is 8.80. The number of carbonyl (C=O) groups excluding carboxylic acids is 1. The number of ether oxygens (including phenoxy) is 1. The van der Waals surface area contributed by atoms with Crippen molar-refractivity contribution in [2.75, 3.05) is 32.8 Å². The van der Waals surface area contributed by atoms with Crippen molar-refractivity contribution in [3.8, 4) is 5.75 Å². The zero-order valence-electron chi connectivity index (χ0n) is 15.2. The maximum absolute atomic E-state index is 12.6. The van der Waals surface area contributed by atoms with Crippen molar-refractivity contribution in [3.05, 3.63) is 47.3 Å². The molecule has 0 bridgehead atoms. The molecule has 1 fully saturated rings. The fourth-order valence-corrected chi connectivity index (χ4v) is 3.20. The van der Waals surface area contributed by atoms with E-state index in [1.54, 1.807) is 0 Å². The van der Waals surface area contributed by atoms with E-state index in [1.165, 1.54) is 5.56 Å². The van der Waals surface area contributed by atoms with Crippen molar-refractivity contribution in [1.29, 1.82) is 0 Å². The number of hydrogen-bond donors (Lipinski definition) is 0. The Kier molecular flexibility index (Phi) is 5.38. The molecule has 6 nitrogen and oxygen atoms in total. The molecule has 0 aliphatic carbocycles. The number of amides is 1. The van der Waals surface area contributed by atoms with Gasteiger partial charge in [-0.3, -0.25) is 14.4 Å². The number of piperazine rings is 1. The third-order valence-electron chi connectivity index (χ3n) is 4.58. The minimum Gasteiger partial charge on any atom is -0.494 e. The van der Waals surface area contributed by atoms with Crippen LogP contribution in [-0.2, 0) is 13.6 Å². The van der Waals surface area contributed by atoms with Gasteiger partial charge in [0, 0.05) is 57.1 Å². The molecular formula is C19H26N4O2. The fourth-order valence-electron chi connectivity index (χ4n) is 3.20. The monoisotopic (exact) mass is 342 g/mol. The van der Waals surface area contributed by atoms with E-state index in [-0.39, 0.29) is 5.91 Å². The molecule has 6 heteroatoms. The zero-order chi connectivity index (χ0) is 17.8. The highest BCUT2D eigenvalue weighted by molar-refractivity contribution is 5.94. The van der Waals surface area contributed by atoms with Crippen LogP contribution >= 0.6 is 0 Å². The molecule has 1 amide bonds. The van der Waals surface area contributed by atoms with Gasteiger partial charge in [-0.1, -0.05) is 0 Å². The van der Waals surface area contributed by atoms with Gasteiger partial charge < -0.3 is 9.64 Å². The predicted octanol–water partition coefficient (Wildman–Crippen LogP) is 2.09. The largest absolute Gasteiger partial charge is 0.494 e. The van der Waals surface area contributed by atoms with Gasteiger partial charge in [0.1, 0.15) is 5.75 Å². The molecule has 1 aromatic heterocycles. The topological polar surface area (TPSA) is 50.6 Å². The molecule has 1 saturated heterocycles. The van der Waals surface area contributed by atoms with Gasteiger partial charge in [0.25, 0.3) is 5.91 Å². The highest BCUT2D eigenvalue weighted by Gasteiger charge is 2.22. The van der Waals surface area contributed by atoms with Crippen LogP contribution in [0, 0.1) is 6.92 Å². The average Bonchev–Trinajstić information content (AvgIpc) is 2.93. The summed E-state index contributed by atoms with van der Waals surface area (Å²) < 4.78 is 7.29. The number of rotatable bonds is 5. The van der Waals surface area contributed by atoms with E-state index in [1.807, 2.05) is 54.7 Å². The zero-order valence-corrected chi connectivity index (χ0v) is 15.2. The van der Waals surface area contributed by atoms with E-state index < -0.39 is 0 Å². The van der Waals surface area contributed by atoms with Crippen LogP contribution in [0.4, 0.5) is 0 Å². The summed E-state index contributed by atoms with van der Waals surface area (Å²) in [5, 5.41) is 4.39. The van der Waals surface area contributed by atoms with Gasteiger partial charge in [0.15, 0.2) is 0 Å². The second-order valence-corrected chi connectivity index (χ2v) is 6.44. The molecule has 1 aliphatic heterocycles. The van der Waals surface area contributed by atoms with Crippen molar-refractivity contribution >= 4 is 5.91 Å². The molecule has 25 heavy (non-hydrogen) atoms. The Labute approximate surface area is 149 Å². The highest BCUT2D eigenvalue weighted by atomic mass is 16.5. The lowest BCUT2D eigenvalue weighted by Crippen LogP contribution is -2.48. The lowest BCUT2D eigenvalue weighted by Gasteiger charge is -2.34. The molecule has 0 unspecified atom stereocenters. The number of carbonyl (C=O) groups is 1. The van der Waals surface area contributed by atoms with Crippen LogP contribution in [0.15, 0.2) is 30.5 Å². The van der Waals surface area contributed by atoms with Crippen LogP contribution in [0.3, 0.4) is 0 Å². The van der Waals surface area contributed by atoms with Crippen molar-refractivity contribution in [3.63, 3.8) is 0 Å². The summed E-state index contributed by atoms with van der Waals surface area (Å²) in [7, 11) is 1.95. The molecule has 3 rings (SSSR count). The Balaban J connectivity index is 1.54. The first kappa shape index (κ1) is 17.5. The van der Waals surface area contributed by atoms with Crippen LogP contribution in [0.5, 0.6) is 5.75 Å². The molecule has 2 heterocycles. The van der Waals surface area contributed by atoms with Crippen LogP contribution in [0.2, 0.25) is 0 Å². The molecule has 1 aliphatic rings. The fraction of sp³-hybridized carbons (Fsp3) is 0.474. The molecule has 0 atom stereocenters. The standard InChI is InChI=1S/C19H26N4O2/c1-4-25-18-7-5-16(6-8-18)19(24)23-11-9-22(10-12-23)14-17-13-21(3)20-15(17)2/h5-8,13H,4,9-12,14H2,1-3H3. The third-order valence-corrected chi connectivity index (χ3v) is 4.58. The van der Waals surface area contributed by atoms with E-state index in [2.05, 4.69) is 16.2 Å². The maximum Gasteiger partial charge on any atom is 0.253 e. The lowest BCUT2D eigenvalue weighted by atomic mass is 10.1. The molecule has 0 spiro atoms. The maximum atomic E-state index is 12.6. The van der Waals surface area contributed by atoms with Gasteiger partial charge in [0.05, 0.1) is 12.3 Å². The summed E-state index contributed by atoms with van der Waals surface area (Å²) in [6.45, 7) is 8.80. The Hall–Kier alpha value is -2.34. The SMILES string of the molecule is CCOc1ccc(C(=O)N2CCN(Cc3cn(C)nc3C)CC2)cc1. The highest BCUT2D eigenvalue weighted by Crippen LogP contribution is 2.16. The van der Waals surface area contributed by atoms with Gasteiger partial charge in [0.2, 0.25) is 0 Å². The second kappa shape index (κ2) is 7.70. The van der Waals surface area contributed by atoms with Crippen LogP contribution in [-0.4, -0.2) is 58.3 Å². The van der Waals surface area contributed by atoms with Crippen LogP contribution < -0.4 is 4.74 Å². The van der Waals surface area contributed by atoms with E-state index in [4.69, 9.17) is 4.74 Å². The Bertz CT molecular complexity index is 716. The van der Waals surface area contributed by atoms with E-state index >= 15 is 0 Å². The minimum absolute atomic E-state index is 0.0975. The number of benzene rings is 1. The van der Waals surface area contributed by atoms with Gasteiger partial charge in [-0.15, -0.1) is 0 Å². The number of hydrogen-bond acceptors (Lipinski definition) is 4. The first-order chi connectivity index (χ1) is 12.1. The average molecular weight is 342 g/mol. The van der Waals surface area contributed by atoms with E-state index in [0.29, 0.717) is 6.61 Å². The molecule has 134 valence electrons. The van der Waals surface area contributed by atoms with E-state index in [9.17, 15) is 4.79 Å². The molecule has 2 aromatic rings. The van der Waals surface area contributed by atoms with Crippen LogP contribution in [0.25, 0.3) is 0 Å². The number of aromatic nitrogens is 2. The van der Waals surface area contributed by atoms with E-state index in [0.717, 1.165) is 49.7 Å². The van der Waals surface area contributed by atoms with Crippen molar-refractivity contribution in [1.82, 2.24) is 19.6 Å². The van der Waals surface area contributed by atoms with Gasteiger partial charge in [-0.05, 0) is 38.1 Å². The van der Waals surface area contributed by atoms with Crippen LogP contribution in [0.1, 0.15) is 28.5 Å². The summed E-state index contributed by atoms with van der Waals surface area (Å²) in [4.78, 5) is 17.0. The summed E-state index contributed by atoms with van der Waals surface area (Å²) in [5.41, 5.74) is 3.06. The summed E-state index contributed by atoms with van der Waals surface area (Å²) in [5.74, 6) is 0.899.